The number of anilines is 1. The largest absolute Gasteiger partial charge is 0.493 e. The molecule has 0 aromatic heterocycles. The first-order valence-electron chi connectivity index (χ1n) is 6.27. The molecule has 0 unspecified atom stereocenters. The van der Waals surface area contributed by atoms with Crippen molar-refractivity contribution >= 4 is 17.5 Å². The van der Waals surface area contributed by atoms with Gasteiger partial charge in [0, 0.05) is 17.8 Å². The topological polar surface area (TPSA) is 76.7 Å². The fourth-order valence-electron chi connectivity index (χ4n) is 1.64. The van der Waals surface area contributed by atoms with E-state index < -0.39 is 0 Å². The molecule has 2 amide bonds. The molecule has 0 spiro atoms. The van der Waals surface area contributed by atoms with Crippen molar-refractivity contribution in [2.24, 2.45) is 0 Å². The summed E-state index contributed by atoms with van der Waals surface area (Å²) in [6.07, 6.45) is -0.216. The molecule has 0 radical (unpaired) electrons. The summed E-state index contributed by atoms with van der Waals surface area (Å²) in [5.41, 5.74) is 0.546. The average molecular weight is 280 g/mol. The van der Waals surface area contributed by atoms with E-state index in [0.717, 1.165) is 0 Å². The Morgan fingerprint density at radius 1 is 1.10 bits per heavy atom. The van der Waals surface area contributed by atoms with Crippen LogP contribution in [0.15, 0.2) is 18.2 Å². The second-order valence-corrected chi connectivity index (χ2v) is 4.52. The van der Waals surface area contributed by atoms with E-state index >= 15 is 0 Å². The Balaban J connectivity index is 2.64. The molecule has 1 rings (SSSR count). The van der Waals surface area contributed by atoms with Crippen LogP contribution < -0.4 is 20.1 Å². The fraction of sp³-hybridized carbons (Fsp3) is 0.429. The molecule has 0 atom stereocenters. The number of nitrogens with one attached hydrogen (secondary N) is 2. The number of amides is 2. The Bertz CT molecular complexity index is 486. The van der Waals surface area contributed by atoms with Gasteiger partial charge in [0.2, 0.25) is 11.8 Å². The van der Waals surface area contributed by atoms with Crippen LogP contribution in [0.25, 0.3) is 0 Å². The number of rotatable bonds is 6. The van der Waals surface area contributed by atoms with Crippen molar-refractivity contribution in [1.82, 2.24) is 5.32 Å². The summed E-state index contributed by atoms with van der Waals surface area (Å²) in [7, 11) is 3.05. The molecule has 0 aliphatic heterocycles. The van der Waals surface area contributed by atoms with E-state index in [1.165, 1.54) is 14.2 Å². The third-order valence-electron chi connectivity index (χ3n) is 2.44. The predicted molar refractivity (Wildman–Crippen MR) is 76.1 cm³/mol. The maximum atomic E-state index is 11.7. The monoisotopic (exact) mass is 280 g/mol. The number of hydrogen-bond acceptors (Lipinski definition) is 4. The van der Waals surface area contributed by atoms with E-state index in [1.807, 2.05) is 13.8 Å². The SMILES string of the molecule is COc1ccc(NC(=O)CC(=O)NC(C)C)cc1OC. The zero-order valence-electron chi connectivity index (χ0n) is 12.1. The van der Waals surface area contributed by atoms with Crippen molar-refractivity contribution in [3.8, 4) is 11.5 Å². The molecular formula is C14H20N2O4. The van der Waals surface area contributed by atoms with Gasteiger partial charge in [-0.25, -0.2) is 0 Å². The van der Waals surface area contributed by atoms with Crippen LogP contribution in [-0.4, -0.2) is 32.1 Å². The first-order chi connectivity index (χ1) is 9.46. The maximum Gasteiger partial charge on any atom is 0.233 e. The lowest BCUT2D eigenvalue weighted by molar-refractivity contribution is -0.127. The van der Waals surface area contributed by atoms with E-state index in [9.17, 15) is 9.59 Å². The first-order valence-corrected chi connectivity index (χ1v) is 6.27. The molecule has 0 heterocycles. The minimum Gasteiger partial charge on any atom is -0.493 e. The van der Waals surface area contributed by atoms with Gasteiger partial charge in [0.25, 0.3) is 0 Å². The highest BCUT2D eigenvalue weighted by molar-refractivity contribution is 6.03. The maximum absolute atomic E-state index is 11.7. The second-order valence-electron chi connectivity index (χ2n) is 4.52. The number of hydrogen-bond donors (Lipinski definition) is 2. The van der Waals surface area contributed by atoms with E-state index in [4.69, 9.17) is 9.47 Å². The van der Waals surface area contributed by atoms with Gasteiger partial charge in [-0.1, -0.05) is 0 Å². The van der Waals surface area contributed by atoms with Gasteiger partial charge >= 0.3 is 0 Å². The Morgan fingerprint density at radius 3 is 2.30 bits per heavy atom. The van der Waals surface area contributed by atoms with Gasteiger partial charge in [0.1, 0.15) is 6.42 Å². The molecule has 6 nitrogen and oxygen atoms in total. The highest BCUT2D eigenvalue weighted by atomic mass is 16.5. The van der Waals surface area contributed by atoms with Crippen LogP contribution in [0.3, 0.4) is 0 Å². The Kier molecular flexibility index (Phi) is 5.83. The smallest absolute Gasteiger partial charge is 0.233 e. The van der Waals surface area contributed by atoms with Crippen molar-refractivity contribution in [2.45, 2.75) is 26.3 Å². The van der Waals surface area contributed by atoms with Gasteiger partial charge in [-0.3, -0.25) is 9.59 Å². The van der Waals surface area contributed by atoms with Gasteiger partial charge < -0.3 is 20.1 Å². The highest BCUT2D eigenvalue weighted by Crippen LogP contribution is 2.29. The number of carbonyl (C=O) groups excluding carboxylic acids is 2. The number of carbonyl (C=O) groups is 2. The lowest BCUT2D eigenvalue weighted by Gasteiger charge is -2.11. The predicted octanol–water partition coefficient (Wildman–Crippen LogP) is 1.56. The Hall–Kier alpha value is -2.24. The molecule has 0 aliphatic rings. The van der Waals surface area contributed by atoms with Gasteiger partial charge in [-0.05, 0) is 26.0 Å². The fourth-order valence-corrected chi connectivity index (χ4v) is 1.64. The minimum atomic E-state index is -0.379. The van der Waals surface area contributed by atoms with Crippen LogP contribution in [0.5, 0.6) is 11.5 Å². The molecule has 0 saturated carbocycles. The van der Waals surface area contributed by atoms with Crippen molar-refractivity contribution in [3.63, 3.8) is 0 Å². The van der Waals surface area contributed by atoms with E-state index in [1.54, 1.807) is 18.2 Å². The average Bonchev–Trinajstić information content (AvgIpc) is 2.37. The highest BCUT2D eigenvalue weighted by Gasteiger charge is 2.12. The molecule has 1 aromatic rings. The van der Waals surface area contributed by atoms with Gasteiger partial charge in [0.05, 0.1) is 14.2 Å². The zero-order chi connectivity index (χ0) is 15.1. The van der Waals surface area contributed by atoms with Crippen LogP contribution in [0.1, 0.15) is 20.3 Å². The van der Waals surface area contributed by atoms with Gasteiger partial charge in [-0.2, -0.15) is 0 Å². The second kappa shape index (κ2) is 7.37. The van der Waals surface area contributed by atoms with Crippen LogP contribution in [0.4, 0.5) is 5.69 Å². The third kappa shape index (κ3) is 4.79. The summed E-state index contributed by atoms with van der Waals surface area (Å²) in [5.74, 6) is 0.397. The lowest BCUT2D eigenvalue weighted by Crippen LogP contribution is -2.33. The molecular weight excluding hydrogens is 260 g/mol. The van der Waals surface area contributed by atoms with Gasteiger partial charge in [-0.15, -0.1) is 0 Å². The van der Waals surface area contributed by atoms with E-state index in [2.05, 4.69) is 10.6 Å². The van der Waals surface area contributed by atoms with Crippen LogP contribution in [-0.2, 0) is 9.59 Å². The van der Waals surface area contributed by atoms with Crippen molar-refractivity contribution in [3.05, 3.63) is 18.2 Å². The van der Waals surface area contributed by atoms with Gasteiger partial charge in [0.15, 0.2) is 11.5 Å². The molecule has 2 N–H and O–H groups in total. The van der Waals surface area contributed by atoms with E-state index in [-0.39, 0.29) is 24.3 Å². The molecule has 0 fully saturated rings. The number of methoxy groups -OCH3 is 2. The number of benzene rings is 1. The number of ether oxygens (including phenoxy) is 2. The normalized spacial score (nSPS) is 10.1. The summed E-state index contributed by atoms with van der Waals surface area (Å²) in [5, 5.41) is 5.29. The Labute approximate surface area is 118 Å². The molecule has 110 valence electrons. The van der Waals surface area contributed by atoms with Crippen LogP contribution in [0, 0.1) is 0 Å². The molecule has 0 aliphatic carbocycles. The molecule has 6 heteroatoms. The Morgan fingerprint density at radius 2 is 1.75 bits per heavy atom. The van der Waals surface area contributed by atoms with Crippen molar-refractivity contribution in [1.29, 1.82) is 0 Å². The quantitative estimate of drug-likeness (QED) is 0.775. The standard InChI is InChI=1S/C14H20N2O4/c1-9(2)15-13(17)8-14(18)16-10-5-6-11(19-3)12(7-10)20-4/h5-7,9H,8H2,1-4H3,(H,15,17)(H,16,18). The molecule has 0 saturated heterocycles. The summed E-state index contributed by atoms with van der Waals surface area (Å²) in [6.45, 7) is 3.67. The van der Waals surface area contributed by atoms with Crippen LogP contribution >= 0.6 is 0 Å². The summed E-state index contributed by atoms with van der Waals surface area (Å²) >= 11 is 0. The third-order valence-corrected chi connectivity index (χ3v) is 2.44. The zero-order valence-corrected chi connectivity index (χ0v) is 12.1. The van der Waals surface area contributed by atoms with Crippen molar-refractivity contribution in [2.75, 3.05) is 19.5 Å². The molecule has 0 bridgehead atoms. The van der Waals surface area contributed by atoms with E-state index in [0.29, 0.717) is 17.2 Å². The van der Waals surface area contributed by atoms with Crippen molar-refractivity contribution < 1.29 is 19.1 Å². The molecule has 1 aromatic carbocycles. The first kappa shape index (κ1) is 15.8. The summed E-state index contributed by atoms with van der Waals surface area (Å²) in [6, 6.07) is 5.01. The summed E-state index contributed by atoms with van der Waals surface area (Å²) in [4.78, 5) is 23.2. The lowest BCUT2D eigenvalue weighted by atomic mass is 10.2. The van der Waals surface area contributed by atoms with Crippen LogP contribution in [0.2, 0.25) is 0 Å². The minimum absolute atomic E-state index is 0.0105. The summed E-state index contributed by atoms with van der Waals surface area (Å²) < 4.78 is 10.2. The molecule has 20 heavy (non-hydrogen) atoms.